The molecule has 0 saturated carbocycles. The molecule has 6 nitrogen and oxygen atoms in total. The monoisotopic (exact) mass is 276 g/mol. The number of hydrogen-bond acceptors (Lipinski definition) is 5. The van der Waals surface area contributed by atoms with Gasteiger partial charge in [-0.25, -0.2) is 0 Å². The molecule has 1 aromatic heterocycles. The second kappa shape index (κ2) is 6.38. The Morgan fingerprint density at radius 1 is 1.30 bits per heavy atom. The van der Waals surface area contributed by atoms with Gasteiger partial charge in [0.15, 0.2) is 0 Å². The van der Waals surface area contributed by atoms with Gasteiger partial charge >= 0.3 is 0 Å². The van der Waals surface area contributed by atoms with Crippen molar-refractivity contribution in [1.82, 2.24) is 20.1 Å². The van der Waals surface area contributed by atoms with E-state index in [0.717, 1.165) is 22.9 Å². The molecule has 1 unspecified atom stereocenters. The summed E-state index contributed by atoms with van der Waals surface area (Å²) in [6.07, 6.45) is 1.69. The van der Waals surface area contributed by atoms with E-state index in [1.165, 1.54) is 0 Å². The standard InChI is InChI=1S/C14H20N4O2/c1-10(15-8-14-17-16-9-18(14)2)12-6-5-11(19-3)7-13(12)20-4/h5-7,9-10,15H,8H2,1-4H3. The smallest absolute Gasteiger partial charge is 0.146 e. The van der Waals surface area contributed by atoms with Crippen molar-refractivity contribution < 1.29 is 9.47 Å². The molecule has 2 aromatic rings. The molecule has 1 N–H and O–H groups in total. The summed E-state index contributed by atoms with van der Waals surface area (Å²) in [5.41, 5.74) is 1.08. The first-order valence-electron chi connectivity index (χ1n) is 6.44. The maximum Gasteiger partial charge on any atom is 0.146 e. The molecule has 6 heteroatoms. The fourth-order valence-electron chi connectivity index (χ4n) is 2.00. The van der Waals surface area contributed by atoms with Crippen molar-refractivity contribution in [3.8, 4) is 11.5 Å². The van der Waals surface area contributed by atoms with E-state index in [1.807, 2.05) is 29.8 Å². The highest BCUT2D eigenvalue weighted by Gasteiger charge is 2.13. The van der Waals surface area contributed by atoms with E-state index >= 15 is 0 Å². The van der Waals surface area contributed by atoms with Gasteiger partial charge in [-0.1, -0.05) is 6.07 Å². The van der Waals surface area contributed by atoms with Gasteiger partial charge in [0.05, 0.1) is 20.8 Å². The van der Waals surface area contributed by atoms with Gasteiger partial charge in [-0.2, -0.15) is 0 Å². The zero-order valence-electron chi connectivity index (χ0n) is 12.3. The van der Waals surface area contributed by atoms with Crippen molar-refractivity contribution in [2.75, 3.05) is 14.2 Å². The Labute approximate surface area is 118 Å². The summed E-state index contributed by atoms with van der Waals surface area (Å²) in [6.45, 7) is 2.73. The van der Waals surface area contributed by atoms with Crippen LogP contribution in [0.1, 0.15) is 24.4 Å². The topological polar surface area (TPSA) is 61.2 Å². The number of methoxy groups -OCH3 is 2. The third kappa shape index (κ3) is 3.08. The third-order valence-corrected chi connectivity index (χ3v) is 3.28. The zero-order valence-corrected chi connectivity index (χ0v) is 12.3. The van der Waals surface area contributed by atoms with Crippen LogP contribution < -0.4 is 14.8 Å². The van der Waals surface area contributed by atoms with Crippen molar-refractivity contribution in [3.63, 3.8) is 0 Å². The molecule has 1 aromatic carbocycles. The van der Waals surface area contributed by atoms with Crippen LogP contribution in [0.15, 0.2) is 24.5 Å². The Balaban J connectivity index is 2.08. The van der Waals surface area contributed by atoms with Crippen molar-refractivity contribution in [2.24, 2.45) is 7.05 Å². The zero-order chi connectivity index (χ0) is 14.5. The lowest BCUT2D eigenvalue weighted by molar-refractivity contribution is 0.385. The van der Waals surface area contributed by atoms with E-state index in [2.05, 4.69) is 22.4 Å². The summed E-state index contributed by atoms with van der Waals surface area (Å²) in [5.74, 6) is 2.48. The lowest BCUT2D eigenvalue weighted by Crippen LogP contribution is -2.20. The second-order valence-corrected chi connectivity index (χ2v) is 4.57. The van der Waals surface area contributed by atoms with Gasteiger partial charge in [0.25, 0.3) is 0 Å². The van der Waals surface area contributed by atoms with Crippen LogP contribution in [-0.4, -0.2) is 29.0 Å². The van der Waals surface area contributed by atoms with E-state index in [-0.39, 0.29) is 6.04 Å². The number of aromatic nitrogens is 3. The summed E-state index contributed by atoms with van der Waals surface area (Å²) in [4.78, 5) is 0. The highest BCUT2D eigenvalue weighted by molar-refractivity contribution is 5.42. The molecule has 108 valence electrons. The number of nitrogens with one attached hydrogen (secondary N) is 1. The lowest BCUT2D eigenvalue weighted by atomic mass is 10.1. The molecule has 0 amide bonds. The van der Waals surface area contributed by atoms with E-state index in [9.17, 15) is 0 Å². The SMILES string of the molecule is COc1ccc(C(C)NCc2nncn2C)c(OC)c1. The maximum atomic E-state index is 5.42. The average molecular weight is 276 g/mol. The predicted molar refractivity (Wildman–Crippen MR) is 75.8 cm³/mol. The van der Waals surface area contributed by atoms with Gasteiger partial charge in [0.1, 0.15) is 23.7 Å². The molecule has 1 atom stereocenters. The molecule has 2 rings (SSSR count). The molecule has 20 heavy (non-hydrogen) atoms. The Hall–Kier alpha value is -2.08. The highest BCUT2D eigenvalue weighted by atomic mass is 16.5. The van der Waals surface area contributed by atoms with Crippen molar-refractivity contribution >= 4 is 0 Å². The number of nitrogens with zero attached hydrogens (tertiary/aromatic N) is 3. The normalized spacial score (nSPS) is 12.2. The van der Waals surface area contributed by atoms with Crippen molar-refractivity contribution in [2.45, 2.75) is 19.5 Å². The molecule has 0 saturated heterocycles. The molecule has 0 bridgehead atoms. The van der Waals surface area contributed by atoms with Crippen LogP contribution in [0.25, 0.3) is 0 Å². The maximum absolute atomic E-state index is 5.42. The summed E-state index contributed by atoms with van der Waals surface area (Å²) in [6, 6.07) is 5.95. The number of ether oxygens (including phenoxy) is 2. The van der Waals surface area contributed by atoms with Gasteiger partial charge in [0, 0.05) is 24.7 Å². The highest BCUT2D eigenvalue weighted by Crippen LogP contribution is 2.29. The van der Waals surface area contributed by atoms with Crippen molar-refractivity contribution in [3.05, 3.63) is 35.9 Å². The first-order valence-corrected chi connectivity index (χ1v) is 6.44. The van der Waals surface area contributed by atoms with Crippen LogP contribution in [0.3, 0.4) is 0 Å². The molecule has 0 spiro atoms. The molecule has 0 radical (unpaired) electrons. The Kier molecular flexibility index (Phi) is 4.57. The minimum absolute atomic E-state index is 0.132. The lowest BCUT2D eigenvalue weighted by Gasteiger charge is -2.17. The van der Waals surface area contributed by atoms with Crippen LogP contribution in [0.4, 0.5) is 0 Å². The fraction of sp³-hybridized carbons (Fsp3) is 0.429. The number of aryl methyl sites for hydroxylation is 1. The molecule has 0 aliphatic rings. The Morgan fingerprint density at radius 2 is 2.10 bits per heavy atom. The van der Waals surface area contributed by atoms with E-state index in [4.69, 9.17) is 9.47 Å². The minimum atomic E-state index is 0.132. The van der Waals surface area contributed by atoms with Crippen LogP contribution in [-0.2, 0) is 13.6 Å². The summed E-state index contributed by atoms with van der Waals surface area (Å²) >= 11 is 0. The molecular formula is C14H20N4O2. The van der Waals surface area contributed by atoms with E-state index in [1.54, 1.807) is 20.5 Å². The van der Waals surface area contributed by atoms with Gasteiger partial charge < -0.3 is 19.4 Å². The number of rotatable bonds is 6. The van der Waals surface area contributed by atoms with Crippen LogP contribution >= 0.6 is 0 Å². The first-order chi connectivity index (χ1) is 9.65. The van der Waals surface area contributed by atoms with Crippen LogP contribution in [0.5, 0.6) is 11.5 Å². The second-order valence-electron chi connectivity index (χ2n) is 4.57. The molecule has 0 aliphatic heterocycles. The van der Waals surface area contributed by atoms with E-state index < -0.39 is 0 Å². The Morgan fingerprint density at radius 3 is 2.70 bits per heavy atom. The van der Waals surface area contributed by atoms with Crippen LogP contribution in [0, 0.1) is 0 Å². The molecule has 1 heterocycles. The Bertz CT molecular complexity index is 568. The van der Waals surface area contributed by atoms with Crippen LogP contribution in [0.2, 0.25) is 0 Å². The van der Waals surface area contributed by atoms with Gasteiger partial charge in [-0.15, -0.1) is 10.2 Å². The van der Waals surface area contributed by atoms with Crippen molar-refractivity contribution in [1.29, 1.82) is 0 Å². The minimum Gasteiger partial charge on any atom is -0.497 e. The summed E-state index contributed by atoms with van der Waals surface area (Å²) < 4.78 is 12.5. The summed E-state index contributed by atoms with van der Waals surface area (Å²) in [7, 11) is 5.23. The number of hydrogen-bond donors (Lipinski definition) is 1. The molecule has 0 aliphatic carbocycles. The largest absolute Gasteiger partial charge is 0.497 e. The fourth-order valence-corrected chi connectivity index (χ4v) is 2.00. The van der Waals surface area contributed by atoms with Gasteiger partial charge in [0.2, 0.25) is 0 Å². The summed E-state index contributed by atoms with van der Waals surface area (Å²) in [5, 5.41) is 11.3. The molecule has 0 fully saturated rings. The molecular weight excluding hydrogens is 256 g/mol. The van der Waals surface area contributed by atoms with Gasteiger partial charge in [-0.3, -0.25) is 0 Å². The third-order valence-electron chi connectivity index (χ3n) is 3.28. The number of benzene rings is 1. The predicted octanol–water partition coefficient (Wildman–Crippen LogP) is 1.68. The van der Waals surface area contributed by atoms with Gasteiger partial charge in [-0.05, 0) is 13.0 Å². The van der Waals surface area contributed by atoms with E-state index in [0.29, 0.717) is 6.54 Å². The quantitative estimate of drug-likeness (QED) is 0.870. The first kappa shape index (κ1) is 14.3. The average Bonchev–Trinajstić information content (AvgIpc) is 2.89.